The minimum atomic E-state index is 1.00. The number of hydrogen-bond acceptors (Lipinski definition) is 2. The average Bonchev–Trinajstić information content (AvgIpc) is 2.95. The minimum absolute atomic E-state index is 1.00. The Bertz CT molecular complexity index is 362. The van der Waals surface area contributed by atoms with E-state index >= 15 is 0 Å². The SMILES string of the molecule is c1ccc(CN2CCN(CC3CCCC3)CC2)cc1. The number of hydrogen-bond donors (Lipinski definition) is 0. The molecular formula is C17H26N2. The predicted molar refractivity (Wildman–Crippen MR) is 80.1 cm³/mol. The molecule has 2 fully saturated rings. The maximum atomic E-state index is 2.69. The molecule has 2 aliphatic rings. The van der Waals surface area contributed by atoms with Crippen LogP contribution < -0.4 is 0 Å². The van der Waals surface area contributed by atoms with Crippen molar-refractivity contribution in [3.63, 3.8) is 0 Å². The lowest BCUT2D eigenvalue weighted by molar-refractivity contribution is 0.113. The van der Waals surface area contributed by atoms with Crippen molar-refractivity contribution in [2.75, 3.05) is 32.7 Å². The van der Waals surface area contributed by atoms with Crippen molar-refractivity contribution < 1.29 is 0 Å². The second-order valence-corrected chi connectivity index (χ2v) is 6.21. The number of benzene rings is 1. The van der Waals surface area contributed by atoms with E-state index in [0.29, 0.717) is 0 Å². The summed E-state index contributed by atoms with van der Waals surface area (Å²) in [7, 11) is 0. The van der Waals surface area contributed by atoms with Gasteiger partial charge in [-0.25, -0.2) is 0 Å². The summed E-state index contributed by atoms with van der Waals surface area (Å²) in [5.41, 5.74) is 1.45. The Labute approximate surface area is 117 Å². The zero-order chi connectivity index (χ0) is 12.9. The van der Waals surface area contributed by atoms with Crippen LogP contribution in [-0.4, -0.2) is 42.5 Å². The summed E-state index contributed by atoms with van der Waals surface area (Å²) in [4.78, 5) is 5.29. The fourth-order valence-electron chi connectivity index (χ4n) is 3.53. The molecule has 1 saturated carbocycles. The van der Waals surface area contributed by atoms with Gasteiger partial charge < -0.3 is 4.90 Å². The maximum Gasteiger partial charge on any atom is 0.0234 e. The molecule has 1 aromatic rings. The summed E-state index contributed by atoms with van der Waals surface area (Å²) in [5, 5.41) is 0. The first-order valence-electron chi connectivity index (χ1n) is 7.89. The molecular weight excluding hydrogens is 232 g/mol. The van der Waals surface area contributed by atoms with Gasteiger partial charge in [-0.15, -0.1) is 0 Å². The lowest BCUT2D eigenvalue weighted by Gasteiger charge is -2.36. The Balaban J connectivity index is 1.41. The fraction of sp³-hybridized carbons (Fsp3) is 0.647. The molecule has 0 aromatic heterocycles. The summed E-state index contributed by atoms with van der Waals surface area (Å²) in [6.45, 7) is 7.49. The Kier molecular flexibility index (Phi) is 4.52. The molecule has 1 aliphatic heterocycles. The van der Waals surface area contributed by atoms with Gasteiger partial charge >= 0.3 is 0 Å². The summed E-state index contributed by atoms with van der Waals surface area (Å²) >= 11 is 0. The van der Waals surface area contributed by atoms with Crippen LogP contribution in [0, 0.1) is 5.92 Å². The Morgan fingerprint density at radius 1 is 0.842 bits per heavy atom. The molecule has 1 aliphatic carbocycles. The molecule has 104 valence electrons. The van der Waals surface area contributed by atoms with E-state index in [2.05, 4.69) is 40.1 Å². The van der Waals surface area contributed by atoms with Gasteiger partial charge in [-0.1, -0.05) is 43.2 Å². The van der Waals surface area contributed by atoms with E-state index in [-0.39, 0.29) is 0 Å². The Morgan fingerprint density at radius 3 is 2.16 bits per heavy atom. The molecule has 2 heteroatoms. The monoisotopic (exact) mass is 258 g/mol. The van der Waals surface area contributed by atoms with E-state index in [1.54, 1.807) is 0 Å². The maximum absolute atomic E-state index is 2.69. The van der Waals surface area contributed by atoms with Crippen LogP contribution in [0.2, 0.25) is 0 Å². The summed E-state index contributed by atoms with van der Waals surface area (Å²) in [6, 6.07) is 10.9. The molecule has 0 bridgehead atoms. The third-order valence-electron chi connectivity index (χ3n) is 4.71. The number of rotatable bonds is 4. The van der Waals surface area contributed by atoms with Crippen LogP contribution in [0.5, 0.6) is 0 Å². The topological polar surface area (TPSA) is 6.48 Å². The van der Waals surface area contributed by atoms with E-state index in [9.17, 15) is 0 Å². The molecule has 2 nitrogen and oxygen atoms in total. The molecule has 0 spiro atoms. The van der Waals surface area contributed by atoms with Crippen molar-refractivity contribution in [2.24, 2.45) is 5.92 Å². The largest absolute Gasteiger partial charge is 0.301 e. The second kappa shape index (κ2) is 6.53. The molecule has 0 unspecified atom stereocenters. The Hall–Kier alpha value is -0.860. The second-order valence-electron chi connectivity index (χ2n) is 6.21. The first-order valence-corrected chi connectivity index (χ1v) is 7.89. The molecule has 0 N–H and O–H groups in total. The van der Waals surface area contributed by atoms with Gasteiger partial charge in [0, 0.05) is 39.3 Å². The van der Waals surface area contributed by atoms with Crippen LogP contribution in [-0.2, 0) is 6.54 Å². The van der Waals surface area contributed by atoms with Gasteiger partial charge in [0.1, 0.15) is 0 Å². The number of nitrogens with zero attached hydrogens (tertiary/aromatic N) is 2. The van der Waals surface area contributed by atoms with Gasteiger partial charge in [0.2, 0.25) is 0 Å². The van der Waals surface area contributed by atoms with E-state index in [0.717, 1.165) is 12.5 Å². The highest BCUT2D eigenvalue weighted by Gasteiger charge is 2.22. The van der Waals surface area contributed by atoms with Crippen molar-refractivity contribution in [2.45, 2.75) is 32.2 Å². The minimum Gasteiger partial charge on any atom is -0.301 e. The Morgan fingerprint density at radius 2 is 1.47 bits per heavy atom. The standard InChI is InChI=1S/C17H26N2/c1-2-6-16(7-3-1)14-18-10-12-19(13-11-18)15-17-8-4-5-9-17/h1-3,6-7,17H,4-5,8-15H2. The van der Waals surface area contributed by atoms with Gasteiger partial charge in [0.25, 0.3) is 0 Å². The zero-order valence-electron chi connectivity index (χ0n) is 11.9. The molecule has 0 atom stereocenters. The third-order valence-corrected chi connectivity index (χ3v) is 4.71. The van der Waals surface area contributed by atoms with Crippen LogP contribution in [0.4, 0.5) is 0 Å². The molecule has 1 aromatic carbocycles. The highest BCUT2D eigenvalue weighted by atomic mass is 15.3. The molecule has 1 heterocycles. The van der Waals surface area contributed by atoms with Crippen LogP contribution >= 0.6 is 0 Å². The van der Waals surface area contributed by atoms with Crippen molar-refractivity contribution in [3.05, 3.63) is 35.9 Å². The van der Waals surface area contributed by atoms with E-state index in [4.69, 9.17) is 0 Å². The lowest BCUT2D eigenvalue weighted by atomic mass is 10.1. The van der Waals surface area contributed by atoms with E-state index in [1.165, 1.54) is 64.0 Å². The summed E-state index contributed by atoms with van der Waals surface area (Å²) in [6.07, 6.45) is 5.89. The first kappa shape index (κ1) is 13.1. The number of piperazine rings is 1. The first-order chi connectivity index (χ1) is 9.40. The van der Waals surface area contributed by atoms with Crippen LogP contribution in [0.3, 0.4) is 0 Å². The van der Waals surface area contributed by atoms with Crippen molar-refractivity contribution >= 4 is 0 Å². The van der Waals surface area contributed by atoms with E-state index in [1.807, 2.05) is 0 Å². The van der Waals surface area contributed by atoms with Crippen LogP contribution in [0.15, 0.2) is 30.3 Å². The lowest BCUT2D eigenvalue weighted by Crippen LogP contribution is -2.47. The van der Waals surface area contributed by atoms with Crippen LogP contribution in [0.25, 0.3) is 0 Å². The molecule has 1 saturated heterocycles. The van der Waals surface area contributed by atoms with Gasteiger partial charge in [0.05, 0.1) is 0 Å². The van der Waals surface area contributed by atoms with Gasteiger partial charge in [-0.2, -0.15) is 0 Å². The molecule has 3 rings (SSSR count). The molecule has 19 heavy (non-hydrogen) atoms. The van der Waals surface area contributed by atoms with Crippen molar-refractivity contribution in [3.8, 4) is 0 Å². The predicted octanol–water partition coefficient (Wildman–Crippen LogP) is 2.99. The van der Waals surface area contributed by atoms with Crippen molar-refractivity contribution in [1.29, 1.82) is 0 Å². The average molecular weight is 258 g/mol. The van der Waals surface area contributed by atoms with Crippen LogP contribution in [0.1, 0.15) is 31.2 Å². The molecule has 0 radical (unpaired) electrons. The quantitative estimate of drug-likeness (QED) is 0.819. The summed E-state index contributed by atoms with van der Waals surface area (Å²) < 4.78 is 0. The normalized spacial score (nSPS) is 22.9. The highest BCUT2D eigenvalue weighted by molar-refractivity contribution is 5.14. The van der Waals surface area contributed by atoms with Gasteiger partial charge in [0.15, 0.2) is 0 Å². The fourth-order valence-corrected chi connectivity index (χ4v) is 3.53. The summed E-state index contributed by atoms with van der Waals surface area (Å²) in [5.74, 6) is 1.00. The van der Waals surface area contributed by atoms with Gasteiger partial charge in [-0.05, 0) is 24.3 Å². The van der Waals surface area contributed by atoms with Gasteiger partial charge in [-0.3, -0.25) is 4.90 Å². The zero-order valence-corrected chi connectivity index (χ0v) is 11.9. The van der Waals surface area contributed by atoms with Crippen molar-refractivity contribution in [1.82, 2.24) is 9.80 Å². The molecule has 0 amide bonds. The smallest absolute Gasteiger partial charge is 0.0234 e. The third kappa shape index (κ3) is 3.80. The highest BCUT2D eigenvalue weighted by Crippen LogP contribution is 2.25. The van der Waals surface area contributed by atoms with E-state index < -0.39 is 0 Å².